The number of aromatic amines is 1. The Labute approximate surface area is 112 Å². The molecule has 0 aromatic carbocycles. The smallest absolute Gasteiger partial charge is 0.267 e. The van der Waals surface area contributed by atoms with Crippen molar-refractivity contribution >= 4 is 5.91 Å². The van der Waals surface area contributed by atoms with Gasteiger partial charge in [-0.05, 0) is 25.0 Å². The lowest BCUT2D eigenvalue weighted by atomic mass is 9.73. The Balaban J connectivity index is 1.94. The molecule has 1 aliphatic carbocycles. The summed E-state index contributed by atoms with van der Waals surface area (Å²) in [5, 5.41) is 21.6. The Morgan fingerprint density at radius 1 is 1.63 bits per heavy atom. The number of carbonyl (C=O) groups is 1. The van der Waals surface area contributed by atoms with Gasteiger partial charge in [-0.3, -0.25) is 4.79 Å². The number of hydrogen-bond acceptors (Lipinski definition) is 3. The van der Waals surface area contributed by atoms with Crippen molar-refractivity contribution in [2.75, 3.05) is 6.54 Å². The molecule has 1 fully saturated rings. The molecule has 1 saturated carbocycles. The fraction of sp³-hybridized carbons (Fsp3) is 0.571. The Hall–Kier alpha value is -1.80. The highest BCUT2D eigenvalue weighted by Gasteiger charge is 2.35. The first-order valence-corrected chi connectivity index (χ1v) is 6.60. The number of H-pyrrole nitrogens is 1. The molecule has 0 spiro atoms. The zero-order chi connectivity index (χ0) is 13.9. The van der Waals surface area contributed by atoms with E-state index in [2.05, 4.69) is 10.3 Å². The van der Waals surface area contributed by atoms with Crippen LogP contribution in [0.15, 0.2) is 12.1 Å². The molecule has 5 heteroatoms. The van der Waals surface area contributed by atoms with Crippen LogP contribution in [0.4, 0.5) is 0 Å². The van der Waals surface area contributed by atoms with Crippen molar-refractivity contribution in [2.24, 2.45) is 5.41 Å². The standard InChI is InChI=1S/C14H19N3O2/c1-14(7-3-2-4-12(14)18)9-16-13(19)11-6-5-10(8-15)17-11/h5-6,12,17-18H,2-4,7,9H2,1H3,(H,16,19). The average Bonchev–Trinajstić information content (AvgIpc) is 2.89. The van der Waals surface area contributed by atoms with Gasteiger partial charge in [-0.1, -0.05) is 19.8 Å². The number of nitrogens with zero attached hydrogens (tertiary/aromatic N) is 1. The molecule has 0 saturated heterocycles. The summed E-state index contributed by atoms with van der Waals surface area (Å²) in [5.41, 5.74) is 0.498. The van der Waals surface area contributed by atoms with Gasteiger partial charge in [0.2, 0.25) is 0 Å². The van der Waals surface area contributed by atoms with Crippen LogP contribution in [0, 0.1) is 16.7 Å². The van der Waals surface area contributed by atoms with Gasteiger partial charge in [0, 0.05) is 12.0 Å². The van der Waals surface area contributed by atoms with Gasteiger partial charge < -0.3 is 15.4 Å². The fourth-order valence-electron chi connectivity index (χ4n) is 2.56. The Kier molecular flexibility index (Phi) is 3.91. The van der Waals surface area contributed by atoms with Crippen LogP contribution in [0.1, 0.15) is 48.8 Å². The summed E-state index contributed by atoms with van der Waals surface area (Å²) in [6, 6.07) is 5.11. The third-order valence-electron chi connectivity index (χ3n) is 3.98. The van der Waals surface area contributed by atoms with Crippen LogP contribution in [-0.4, -0.2) is 28.6 Å². The first-order valence-electron chi connectivity index (χ1n) is 6.60. The van der Waals surface area contributed by atoms with Gasteiger partial charge in [0.05, 0.1) is 6.10 Å². The molecule has 1 heterocycles. The number of nitriles is 1. The van der Waals surface area contributed by atoms with Gasteiger partial charge in [-0.15, -0.1) is 0 Å². The summed E-state index contributed by atoms with van der Waals surface area (Å²) >= 11 is 0. The summed E-state index contributed by atoms with van der Waals surface area (Å²) in [6.45, 7) is 2.46. The van der Waals surface area contributed by atoms with Crippen molar-refractivity contribution in [3.8, 4) is 6.07 Å². The SMILES string of the molecule is CC1(CNC(=O)c2ccc(C#N)[nH]2)CCCCC1O. The van der Waals surface area contributed by atoms with Crippen LogP contribution in [0.5, 0.6) is 0 Å². The predicted molar refractivity (Wildman–Crippen MR) is 70.4 cm³/mol. The summed E-state index contributed by atoms with van der Waals surface area (Å²) < 4.78 is 0. The summed E-state index contributed by atoms with van der Waals surface area (Å²) in [4.78, 5) is 14.7. The van der Waals surface area contributed by atoms with E-state index in [-0.39, 0.29) is 17.4 Å². The van der Waals surface area contributed by atoms with Gasteiger partial charge in [-0.2, -0.15) is 5.26 Å². The van der Waals surface area contributed by atoms with E-state index in [0.717, 1.165) is 25.7 Å². The minimum atomic E-state index is -0.361. The van der Waals surface area contributed by atoms with Crippen molar-refractivity contribution in [1.82, 2.24) is 10.3 Å². The molecule has 0 radical (unpaired) electrons. The predicted octanol–water partition coefficient (Wildman–Crippen LogP) is 1.56. The second kappa shape index (κ2) is 5.45. The van der Waals surface area contributed by atoms with E-state index in [1.807, 2.05) is 13.0 Å². The second-order valence-electron chi connectivity index (χ2n) is 5.50. The van der Waals surface area contributed by atoms with Gasteiger partial charge in [0.15, 0.2) is 0 Å². The number of amides is 1. The largest absolute Gasteiger partial charge is 0.392 e. The first kappa shape index (κ1) is 13.6. The fourth-order valence-corrected chi connectivity index (χ4v) is 2.56. The molecule has 1 aromatic heterocycles. The highest BCUT2D eigenvalue weighted by molar-refractivity contribution is 5.92. The lowest BCUT2D eigenvalue weighted by Crippen LogP contribution is -2.45. The molecule has 1 aliphatic rings. The molecule has 0 bridgehead atoms. The molecule has 0 aliphatic heterocycles. The minimum absolute atomic E-state index is 0.236. The summed E-state index contributed by atoms with van der Waals surface area (Å²) in [7, 11) is 0. The molecule has 1 amide bonds. The molecular formula is C14H19N3O2. The van der Waals surface area contributed by atoms with E-state index in [1.54, 1.807) is 12.1 Å². The zero-order valence-corrected chi connectivity index (χ0v) is 11.1. The number of carbonyl (C=O) groups excluding carboxylic acids is 1. The summed E-state index contributed by atoms with van der Waals surface area (Å²) in [5.74, 6) is -0.236. The quantitative estimate of drug-likeness (QED) is 0.771. The molecule has 19 heavy (non-hydrogen) atoms. The van der Waals surface area contributed by atoms with Crippen molar-refractivity contribution in [2.45, 2.75) is 38.7 Å². The Bertz CT molecular complexity index is 503. The lowest BCUT2D eigenvalue weighted by molar-refractivity contribution is 0.00187. The van der Waals surface area contributed by atoms with Gasteiger partial charge >= 0.3 is 0 Å². The van der Waals surface area contributed by atoms with Gasteiger partial charge in [-0.25, -0.2) is 0 Å². The Morgan fingerprint density at radius 3 is 3.05 bits per heavy atom. The van der Waals surface area contributed by atoms with E-state index in [9.17, 15) is 9.90 Å². The molecule has 1 aromatic rings. The minimum Gasteiger partial charge on any atom is -0.392 e. The maximum Gasteiger partial charge on any atom is 0.267 e. The number of aromatic nitrogens is 1. The van der Waals surface area contributed by atoms with Crippen molar-refractivity contribution in [1.29, 1.82) is 5.26 Å². The monoisotopic (exact) mass is 261 g/mol. The number of aliphatic hydroxyl groups excluding tert-OH is 1. The number of hydrogen-bond donors (Lipinski definition) is 3. The van der Waals surface area contributed by atoms with Crippen LogP contribution < -0.4 is 5.32 Å². The van der Waals surface area contributed by atoms with E-state index in [0.29, 0.717) is 17.9 Å². The number of rotatable bonds is 3. The normalized spacial score (nSPS) is 26.7. The van der Waals surface area contributed by atoms with Gasteiger partial charge in [0.25, 0.3) is 5.91 Å². The van der Waals surface area contributed by atoms with Gasteiger partial charge in [0.1, 0.15) is 17.5 Å². The zero-order valence-electron chi connectivity index (χ0n) is 11.1. The van der Waals surface area contributed by atoms with Crippen molar-refractivity contribution in [3.63, 3.8) is 0 Å². The topological polar surface area (TPSA) is 88.9 Å². The van der Waals surface area contributed by atoms with Crippen molar-refractivity contribution < 1.29 is 9.90 Å². The first-order chi connectivity index (χ1) is 9.05. The number of nitrogens with one attached hydrogen (secondary N) is 2. The highest BCUT2D eigenvalue weighted by atomic mass is 16.3. The van der Waals surface area contributed by atoms with E-state index in [1.165, 1.54) is 0 Å². The Morgan fingerprint density at radius 2 is 2.42 bits per heavy atom. The van der Waals surface area contributed by atoms with E-state index in [4.69, 9.17) is 5.26 Å². The van der Waals surface area contributed by atoms with Crippen LogP contribution in [0.2, 0.25) is 0 Å². The maximum atomic E-state index is 11.9. The van der Waals surface area contributed by atoms with Crippen LogP contribution in [0.3, 0.4) is 0 Å². The lowest BCUT2D eigenvalue weighted by Gasteiger charge is -2.38. The third-order valence-corrected chi connectivity index (χ3v) is 3.98. The third kappa shape index (κ3) is 2.96. The van der Waals surface area contributed by atoms with E-state index >= 15 is 0 Å². The van der Waals surface area contributed by atoms with E-state index < -0.39 is 0 Å². The summed E-state index contributed by atoms with van der Waals surface area (Å²) in [6.07, 6.45) is 3.49. The molecule has 2 unspecified atom stereocenters. The molecule has 2 rings (SSSR count). The van der Waals surface area contributed by atoms with Crippen LogP contribution in [0.25, 0.3) is 0 Å². The number of aliphatic hydroxyl groups is 1. The molecular weight excluding hydrogens is 242 g/mol. The molecule has 102 valence electrons. The van der Waals surface area contributed by atoms with Crippen LogP contribution >= 0.6 is 0 Å². The molecule has 3 N–H and O–H groups in total. The molecule has 5 nitrogen and oxygen atoms in total. The van der Waals surface area contributed by atoms with Crippen LogP contribution in [-0.2, 0) is 0 Å². The second-order valence-corrected chi connectivity index (χ2v) is 5.50. The highest BCUT2D eigenvalue weighted by Crippen LogP contribution is 2.35. The maximum absolute atomic E-state index is 11.9. The molecule has 2 atom stereocenters. The van der Waals surface area contributed by atoms with Crippen molar-refractivity contribution in [3.05, 3.63) is 23.5 Å². The average molecular weight is 261 g/mol.